The molecule has 18 heavy (non-hydrogen) atoms. The Bertz CT molecular complexity index is 625. The number of hydrogen-bond donors (Lipinski definition) is 1. The standard InChI is InChI=1S/C12H10O6/c1-6(13)17-10-4-3-8-9(15)5-16-11(8)12(10)18-7(2)14/h3-5,15H,1-2H3. The summed E-state index contributed by atoms with van der Waals surface area (Å²) in [7, 11) is 0. The molecular formula is C12H10O6. The van der Waals surface area contributed by atoms with Crippen LogP contribution in [0.3, 0.4) is 0 Å². The van der Waals surface area contributed by atoms with Gasteiger partial charge < -0.3 is 19.0 Å². The summed E-state index contributed by atoms with van der Waals surface area (Å²) in [6.07, 6.45) is 1.11. The first-order chi connectivity index (χ1) is 8.49. The van der Waals surface area contributed by atoms with Crippen molar-refractivity contribution in [2.75, 3.05) is 0 Å². The third-order valence-electron chi connectivity index (χ3n) is 2.14. The van der Waals surface area contributed by atoms with E-state index in [0.717, 1.165) is 6.26 Å². The van der Waals surface area contributed by atoms with Crippen LogP contribution in [0.2, 0.25) is 0 Å². The van der Waals surface area contributed by atoms with Gasteiger partial charge in [0, 0.05) is 13.8 Å². The van der Waals surface area contributed by atoms with Gasteiger partial charge in [-0.2, -0.15) is 0 Å². The fourth-order valence-electron chi connectivity index (χ4n) is 1.52. The lowest BCUT2D eigenvalue weighted by Crippen LogP contribution is -2.07. The zero-order valence-electron chi connectivity index (χ0n) is 9.72. The minimum absolute atomic E-state index is 0.0319. The van der Waals surface area contributed by atoms with Crippen LogP contribution >= 0.6 is 0 Å². The molecule has 0 bridgehead atoms. The van der Waals surface area contributed by atoms with Crippen molar-refractivity contribution in [3.8, 4) is 17.2 Å². The van der Waals surface area contributed by atoms with Gasteiger partial charge in [0.2, 0.25) is 5.75 Å². The monoisotopic (exact) mass is 250 g/mol. The number of carbonyl (C=O) groups excluding carboxylic acids is 2. The number of carbonyl (C=O) groups is 2. The van der Waals surface area contributed by atoms with Crippen LogP contribution in [0.15, 0.2) is 22.8 Å². The van der Waals surface area contributed by atoms with E-state index in [0.29, 0.717) is 5.39 Å². The molecule has 0 saturated carbocycles. The fraction of sp³-hybridized carbons (Fsp3) is 0.167. The van der Waals surface area contributed by atoms with Gasteiger partial charge in [0.05, 0.1) is 5.39 Å². The number of benzene rings is 1. The molecule has 0 radical (unpaired) electrons. The van der Waals surface area contributed by atoms with Crippen LogP contribution in [-0.4, -0.2) is 17.0 Å². The van der Waals surface area contributed by atoms with Gasteiger partial charge in [0.1, 0.15) is 6.26 Å². The smallest absolute Gasteiger partial charge is 0.308 e. The normalized spacial score (nSPS) is 10.3. The van der Waals surface area contributed by atoms with Crippen LogP contribution in [0.5, 0.6) is 17.2 Å². The van der Waals surface area contributed by atoms with Gasteiger partial charge in [-0.3, -0.25) is 9.59 Å². The minimum atomic E-state index is -0.591. The summed E-state index contributed by atoms with van der Waals surface area (Å²) in [5.74, 6) is -1.21. The summed E-state index contributed by atoms with van der Waals surface area (Å²) in [6.45, 7) is 2.43. The maximum absolute atomic E-state index is 11.0. The summed E-state index contributed by atoms with van der Waals surface area (Å²) >= 11 is 0. The van der Waals surface area contributed by atoms with Crippen molar-refractivity contribution in [3.63, 3.8) is 0 Å². The topological polar surface area (TPSA) is 86.0 Å². The Kier molecular flexibility index (Phi) is 2.93. The number of rotatable bonds is 2. The van der Waals surface area contributed by atoms with E-state index < -0.39 is 11.9 Å². The van der Waals surface area contributed by atoms with Crippen molar-refractivity contribution >= 4 is 22.9 Å². The van der Waals surface area contributed by atoms with Crippen LogP contribution in [-0.2, 0) is 9.59 Å². The second-order valence-electron chi connectivity index (χ2n) is 3.58. The van der Waals surface area contributed by atoms with Gasteiger partial charge >= 0.3 is 11.9 Å². The molecule has 1 aromatic carbocycles. The first-order valence-corrected chi connectivity index (χ1v) is 5.09. The number of ether oxygens (including phenoxy) is 2. The molecule has 0 amide bonds. The molecule has 2 aromatic rings. The van der Waals surface area contributed by atoms with Crippen molar-refractivity contribution < 1.29 is 28.6 Å². The summed E-state index contributed by atoms with van der Waals surface area (Å²) in [5.41, 5.74) is 0.140. The Labute approximate surface area is 102 Å². The third-order valence-corrected chi connectivity index (χ3v) is 2.14. The van der Waals surface area contributed by atoms with E-state index in [4.69, 9.17) is 13.9 Å². The lowest BCUT2D eigenvalue weighted by atomic mass is 10.2. The summed E-state index contributed by atoms with van der Waals surface area (Å²) in [4.78, 5) is 22.0. The molecule has 6 nitrogen and oxygen atoms in total. The molecule has 1 aromatic heterocycles. The maximum atomic E-state index is 11.0. The van der Waals surface area contributed by atoms with E-state index in [1.165, 1.54) is 26.0 Å². The average molecular weight is 250 g/mol. The number of aromatic hydroxyl groups is 1. The van der Waals surface area contributed by atoms with Crippen molar-refractivity contribution in [3.05, 3.63) is 18.4 Å². The highest BCUT2D eigenvalue weighted by molar-refractivity contribution is 5.93. The lowest BCUT2D eigenvalue weighted by Gasteiger charge is -2.08. The van der Waals surface area contributed by atoms with E-state index in [1.54, 1.807) is 0 Å². The van der Waals surface area contributed by atoms with Crippen molar-refractivity contribution in [1.82, 2.24) is 0 Å². The Morgan fingerprint density at radius 1 is 1.17 bits per heavy atom. The fourth-order valence-corrected chi connectivity index (χ4v) is 1.52. The third kappa shape index (κ3) is 2.13. The highest BCUT2D eigenvalue weighted by Crippen LogP contribution is 2.40. The highest BCUT2D eigenvalue weighted by atomic mass is 16.6. The number of hydrogen-bond acceptors (Lipinski definition) is 6. The lowest BCUT2D eigenvalue weighted by molar-refractivity contribution is -0.134. The van der Waals surface area contributed by atoms with Gasteiger partial charge in [-0.25, -0.2) is 0 Å². The van der Waals surface area contributed by atoms with E-state index in [9.17, 15) is 14.7 Å². The molecule has 0 unspecified atom stereocenters. The van der Waals surface area contributed by atoms with Gasteiger partial charge in [-0.05, 0) is 12.1 Å². The predicted octanol–water partition coefficient (Wildman–Crippen LogP) is 1.99. The van der Waals surface area contributed by atoms with Crippen molar-refractivity contribution in [1.29, 1.82) is 0 Å². The second-order valence-corrected chi connectivity index (χ2v) is 3.58. The molecule has 6 heteroatoms. The van der Waals surface area contributed by atoms with Gasteiger partial charge in [0.25, 0.3) is 0 Å². The number of fused-ring (bicyclic) bond motifs is 1. The predicted molar refractivity (Wildman–Crippen MR) is 60.5 cm³/mol. The van der Waals surface area contributed by atoms with E-state index in [1.807, 2.05) is 0 Å². The van der Waals surface area contributed by atoms with Crippen molar-refractivity contribution in [2.45, 2.75) is 13.8 Å². The van der Waals surface area contributed by atoms with Crippen molar-refractivity contribution in [2.24, 2.45) is 0 Å². The molecule has 0 aliphatic heterocycles. The zero-order valence-corrected chi connectivity index (χ0v) is 9.72. The second kappa shape index (κ2) is 4.40. The van der Waals surface area contributed by atoms with Crippen LogP contribution in [0.25, 0.3) is 11.0 Å². The Morgan fingerprint density at radius 3 is 2.44 bits per heavy atom. The highest BCUT2D eigenvalue weighted by Gasteiger charge is 2.19. The molecule has 0 atom stereocenters. The van der Waals surface area contributed by atoms with Gasteiger partial charge in [0.15, 0.2) is 17.1 Å². The molecule has 94 valence electrons. The Balaban J connectivity index is 2.62. The van der Waals surface area contributed by atoms with Crippen LogP contribution in [0.1, 0.15) is 13.8 Å². The quantitative estimate of drug-likeness (QED) is 0.648. The number of esters is 2. The first kappa shape index (κ1) is 12.0. The molecule has 0 spiro atoms. The summed E-state index contributed by atoms with van der Waals surface area (Å²) < 4.78 is 14.9. The SMILES string of the molecule is CC(=O)Oc1ccc2c(O)coc2c1OC(C)=O. The summed E-state index contributed by atoms with van der Waals surface area (Å²) in [6, 6.07) is 2.91. The molecular weight excluding hydrogens is 240 g/mol. The largest absolute Gasteiger partial charge is 0.504 e. The molecule has 0 aliphatic carbocycles. The Morgan fingerprint density at radius 2 is 1.83 bits per heavy atom. The van der Waals surface area contributed by atoms with Crippen LogP contribution < -0.4 is 9.47 Å². The van der Waals surface area contributed by atoms with E-state index in [-0.39, 0.29) is 22.8 Å². The molecule has 1 N–H and O–H groups in total. The van der Waals surface area contributed by atoms with E-state index in [2.05, 4.69) is 0 Å². The minimum Gasteiger partial charge on any atom is -0.504 e. The molecule has 1 heterocycles. The summed E-state index contributed by atoms with van der Waals surface area (Å²) in [5, 5.41) is 9.86. The van der Waals surface area contributed by atoms with Crippen LogP contribution in [0, 0.1) is 0 Å². The van der Waals surface area contributed by atoms with E-state index >= 15 is 0 Å². The molecule has 0 fully saturated rings. The van der Waals surface area contributed by atoms with Gasteiger partial charge in [-0.15, -0.1) is 0 Å². The molecule has 2 rings (SSSR count). The van der Waals surface area contributed by atoms with Gasteiger partial charge in [-0.1, -0.05) is 0 Å². The maximum Gasteiger partial charge on any atom is 0.308 e. The average Bonchev–Trinajstić information content (AvgIpc) is 2.63. The molecule has 0 saturated heterocycles. The van der Waals surface area contributed by atoms with Crippen LogP contribution in [0.4, 0.5) is 0 Å². The first-order valence-electron chi connectivity index (χ1n) is 5.09. The molecule has 0 aliphatic rings. The Hall–Kier alpha value is -2.50. The zero-order chi connectivity index (χ0) is 13.3. The number of furan rings is 1.